The minimum absolute atomic E-state index is 0.00769. The lowest BCUT2D eigenvalue weighted by atomic mass is 10.0. The lowest BCUT2D eigenvalue weighted by molar-refractivity contribution is -0.150. The molecule has 0 bridgehead atoms. The van der Waals surface area contributed by atoms with Crippen molar-refractivity contribution in [3.05, 3.63) is 16.3 Å². The van der Waals surface area contributed by atoms with Gasteiger partial charge in [0.2, 0.25) is 11.0 Å². The highest BCUT2D eigenvalue weighted by atomic mass is 32.2. The molecule has 0 radical (unpaired) electrons. The van der Waals surface area contributed by atoms with Crippen molar-refractivity contribution in [3.8, 4) is 0 Å². The third kappa shape index (κ3) is 4.82. The number of thioether (sulfide) groups is 3. The molecule has 1 fully saturated rings. The number of nitrogens with two attached hydrogens (primary N) is 1. The molecule has 4 N–H and O–H groups in total. The van der Waals surface area contributed by atoms with Crippen LogP contribution in [0.25, 0.3) is 0 Å². The van der Waals surface area contributed by atoms with Gasteiger partial charge in [-0.05, 0) is 12.5 Å². The summed E-state index contributed by atoms with van der Waals surface area (Å²) in [5, 5.41) is 28.6. The van der Waals surface area contributed by atoms with Gasteiger partial charge in [-0.15, -0.1) is 32.2 Å². The predicted octanol–water partition coefficient (Wildman–Crippen LogP) is 0.903. The number of nitrogens with one attached hydrogen (secondary N) is 1. The number of hydrogen-bond donors (Lipinski definition) is 3. The Labute approximate surface area is 196 Å². The summed E-state index contributed by atoms with van der Waals surface area (Å²) in [6.07, 6.45) is 0. The number of aromatic nitrogens is 4. The van der Waals surface area contributed by atoms with Gasteiger partial charge < -0.3 is 16.2 Å². The molecule has 11 nitrogen and oxygen atoms in total. The first kappa shape index (κ1) is 22.3. The van der Waals surface area contributed by atoms with Crippen LogP contribution in [-0.4, -0.2) is 76.9 Å². The molecule has 0 aliphatic carbocycles. The van der Waals surface area contributed by atoms with Crippen LogP contribution in [0.4, 0.5) is 5.13 Å². The Hall–Kier alpha value is -1.88. The van der Waals surface area contributed by atoms with E-state index >= 15 is 0 Å². The summed E-state index contributed by atoms with van der Waals surface area (Å²) in [5.74, 6) is -1.02. The molecule has 2 aromatic rings. The van der Waals surface area contributed by atoms with Gasteiger partial charge in [-0.2, -0.15) is 0 Å². The summed E-state index contributed by atoms with van der Waals surface area (Å²) in [6, 6.07) is -0.757. The molecular formula is C15H15N7O4S5. The number of carboxylic acid groups (broad SMARTS) is 1. The quantitative estimate of drug-likeness (QED) is 0.335. The molecule has 1 unspecified atom stereocenters. The number of amides is 2. The molecule has 4 heterocycles. The molecule has 2 aliphatic rings. The summed E-state index contributed by atoms with van der Waals surface area (Å²) >= 11 is 6.61. The number of nitrogens with zero attached hydrogens (tertiary/aromatic N) is 5. The van der Waals surface area contributed by atoms with Crippen LogP contribution in [0, 0.1) is 6.92 Å². The van der Waals surface area contributed by atoms with E-state index in [-0.39, 0.29) is 17.4 Å². The molecule has 0 spiro atoms. The van der Waals surface area contributed by atoms with Gasteiger partial charge in [-0.3, -0.25) is 14.5 Å². The third-order valence-electron chi connectivity index (χ3n) is 4.19. The van der Waals surface area contributed by atoms with Crippen LogP contribution in [0.15, 0.2) is 19.9 Å². The van der Waals surface area contributed by atoms with Crippen molar-refractivity contribution in [2.24, 2.45) is 0 Å². The van der Waals surface area contributed by atoms with Gasteiger partial charge in [-0.1, -0.05) is 46.2 Å². The van der Waals surface area contributed by atoms with Crippen LogP contribution in [0.1, 0.15) is 5.01 Å². The van der Waals surface area contributed by atoms with E-state index in [0.717, 1.165) is 9.35 Å². The number of carboxylic acids is 1. The van der Waals surface area contributed by atoms with E-state index in [1.54, 1.807) is 0 Å². The molecular weight excluding hydrogens is 503 g/mol. The van der Waals surface area contributed by atoms with Crippen molar-refractivity contribution < 1.29 is 19.5 Å². The Morgan fingerprint density at radius 1 is 1.23 bits per heavy atom. The summed E-state index contributed by atoms with van der Waals surface area (Å²) in [5.41, 5.74) is 6.15. The number of carbonyl (C=O) groups excluding carboxylic acids is 2. The minimum atomic E-state index is -1.16. The standard InChI is InChI=1S/C15H15N7O4S5/c1-5-18-20-14(30-5)28-3-6-2-27-11-8(10(24)22(11)9(6)12(25)26)17-7(23)4-29-15-21-19-13(16)31-15/h8,11H,2-4H2,1H3,(H2,16,19)(H,17,23)(H,25,26)/t8?,11-/m1/s1. The van der Waals surface area contributed by atoms with E-state index in [0.29, 0.717) is 26.6 Å². The molecule has 4 rings (SSSR count). The molecule has 0 aromatic carbocycles. The van der Waals surface area contributed by atoms with E-state index in [1.807, 2.05) is 6.92 Å². The number of fused-ring (bicyclic) bond motifs is 1. The number of rotatable bonds is 8. The number of hydrogen-bond acceptors (Lipinski definition) is 13. The lowest BCUT2D eigenvalue weighted by Crippen LogP contribution is -2.70. The number of β-lactam (4-membered cyclic amide) rings is 1. The fourth-order valence-corrected chi connectivity index (χ4v) is 7.65. The van der Waals surface area contributed by atoms with Gasteiger partial charge in [0.25, 0.3) is 5.91 Å². The van der Waals surface area contributed by atoms with Crippen molar-refractivity contribution in [3.63, 3.8) is 0 Å². The van der Waals surface area contributed by atoms with Crippen molar-refractivity contribution in [2.45, 2.75) is 27.0 Å². The SMILES string of the molecule is Cc1nnc(SCC2=C(C(=O)O)N3C(=O)C(NC(=O)CSc4nnc(N)s4)[C@H]3SC2)s1. The number of anilines is 1. The van der Waals surface area contributed by atoms with E-state index in [2.05, 4.69) is 25.7 Å². The van der Waals surface area contributed by atoms with Crippen molar-refractivity contribution >= 4 is 80.9 Å². The van der Waals surface area contributed by atoms with E-state index in [4.69, 9.17) is 5.73 Å². The fourth-order valence-electron chi connectivity index (χ4n) is 2.90. The van der Waals surface area contributed by atoms with Gasteiger partial charge >= 0.3 is 5.97 Å². The molecule has 16 heteroatoms. The Morgan fingerprint density at radius 3 is 2.61 bits per heavy atom. The van der Waals surface area contributed by atoms with E-state index < -0.39 is 23.3 Å². The topological polar surface area (TPSA) is 164 Å². The monoisotopic (exact) mass is 517 g/mol. The van der Waals surface area contributed by atoms with Crippen molar-refractivity contribution in [2.75, 3.05) is 23.0 Å². The zero-order valence-corrected chi connectivity index (χ0v) is 19.9. The van der Waals surface area contributed by atoms with Crippen LogP contribution in [0.2, 0.25) is 0 Å². The number of aryl methyl sites for hydroxylation is 1. The first-order valence-electron chi connectivity index (χ1n) is 8.67. The zero-order valence-electron chi connectivity index (χ0n) is 15.8. The van der Waals surface area contributed by atoms with Crippen LogP contribution in [0.3, 0.4) is 0 Å². The second kappa shape index (κ2) is 9.32. The second-order valence-electron chi connectivity index (χ2n) is 6.28. The van der Waals surface area contributed by atoms with E-state index in [9.17, 15) is 19.5 Å². The maximum atomic E-state index is 12.7. The molecule has 164 valence electrons. The molecule has 31 heavy (non-hydrogen) atoms. The number of aliphatic carboxylic acids is 1. The van der Waals surface area contributed by atoms with Crippen molar-refractivity contribution in [1.29, 1.82) is 0 Å². The largest absolute Gasteiger partial charge is 0.477 e. The maximum Gasteiger partial charge on any atom is 0.352 e. The van der Waals surface area contributed by atoms with Gasteiger partial charge in [0.1, 0.15) is 22.1 Å². The molecule has 2 aliphatic heterocycles. The third-order valence-corrected chi connectivity index (χ3v) is 9.48. The van der Waals surface area contributed by atoms with Crippen LogP contribution < -0.4 is 11.1 Å². The number of carbonyl (C=O) groups is 3. The molecule has 2 atom stereocenters. The molecule has 2 aromatic heterocycles. The van der Waals surface area contributed by atoms with Crippen molar-refractivity contribution in [1.82, 2.24) is 30.6 Å². The van der Waals surface area contributed by atoms with E-state index in [1.165, 1.54) is 62.9 Å². The lowest BCUT2D eigenvalue weighted by Gasteiger charge is -2.49. The summed E-state index contributed by atoms with van der Waals surface area (Å²) in [4.78, 5) is 38.1. The van der Waals surface area contributed by atoms with Crippen LogP contribution in [0.5, 0.6) is 0 Å². The second-order valence-corrected chi connectivity index (χ2v) is 12.0. The highest BCUT2D eigenvalue weighted by Gasteiger charge is 2.54. The Morgan fingerprint density at radius 2 is 1.97 bits per heavy atom. The highest BCUT2D eigenvalue weighted by Crippen LogP contribution is 2.41. The normalized spacial score (nSPS) is 20.4. The Balaban J connectivity index is 1.38. The first-order chi connectivity index (χ1) is 14.8. The average Bonchev–Trinajstić information content (AvgIpc) is 3.35. The Bertz CT molecular complexity index is 1070. The molecule has 1 saturated heterocycles. The smallest absolute Gasteiger partial charge is 0.352 e. The highest BCUT2D eigenvalue weighted by molar-refractivity contribution is 8.02. The summed E-state index contributed by atoms with van der Waals surface area (Å²) in [6.45, 7) is 1.85. The van der Waals surface area contributed by atoms with Gasteiger partial charge in [0.15, 0.2) is 8.68 Å². The predicted molar refractivity (Wildman–Crippen MR) is 120 cm³/mol. The van der Waals surface area contributed by atoms with Crippen LogP contribution >= 0.6 is 58.0 Å². The minimum Gasteiger partial charge on any atom is -0.477 e. The van der Waals surface area contributed by atoms with Gasteiger partial charge in [-0.25, -0.2) is 4.79 Å². The summed E-state index contributed by atoms with van der Waals surface area (Å²) in [7, 11) is 0. The number of nitrogen functional groups attached to an aromatic ring is 1. The average molecular weight is 518 g/mol. The summed E-state index contributed by atoms with van der Waals surface area (Å²) < 4.78 is 1.31. The maximum absolute atomic E-state index is 12.7. The first-order valence-corrected chi connectivity index (χ1v) is 13.3. The van der Waals surface area contributed by atoms with Gasteiger partial charge in [0.05, 0.1) is 5.75 Å². The molecule has 0 saturated carbocycles. The molecule has 2 amide bonds. The fraction of sp³-hybridized carbons (Fsp3) is 0.400. The van der Waals surface area contributed by atoms with Gasteiger partial charge in [0, 0.05) is 11.5 Å². The van der Waals surface area contributed by atoms with Crippen LogP contribution in [-0.2, 0) is 14.4 Å². The zero-order chi connectivity index (χ0) is 22.1. The Kier molecular flexibility index (Phi) is 6.71.